The van der Waals surface area contributed by atoms with Crippen molar-refractivity contribution in [1.82, 2.24) is 0 Å². The molecule has 48 heavy (non-hydrogen) atoms. The molecule has 0 rings (SSSR count). The van der Waals surface area contributed by atoms with Crippen molar-refractivity contribution in [1.29, 1.82) is 0 Å². The largest absolute Gasteiger partial charge is 0.697 e. The van der Waals surface area contributed by atoms with Crippen molar-refractivity contribution in [2.45, 2.75) is 244 Å². The van der Waals surface area contributed by atoms with E-state index in [1.807, 2.05) is 0 Å². The predicted octanol–water partition coefficient (Wildman–Crippen LogP) is 15.0. The third-order valence-electron chi connectivity index (χ3n) is 10.2. The smallest absolute Gasteiger partial charge is 0.381 e. The van der Waals surface area contributed by atoms with Crippen LogP contribution >= 0.6 is 8.25 Å². The first-order valence-corrected chi connectivity index (χ1v) is 22.6. The van der Waals surface area contributed by atoms with Gasteiger partial charge >= 0.3 is 8.25 Å². The van der Waals surface area contributed by atoms with E-state index in [0.29, 0.717) is 13.2 Å². The second-order valence-corrected chi connectivity index (χ2v) is 15.6. The molecule has 6 heteroatoms. The summed E-state index contributed by atoms with van der Waals surface area (Å²) in [4.78, 5) is 0. The predicted molar refractivity (Wildman–Crippen MR) is 209 cm³/mol. The standard InChI is InChI=1S/C42H86O5P/c1-5-7-9-11-13-15-17-19-21-23-25-27-29-31-33-35-41(44-3)37-39-46-48(43)47-40-38-42(45-4)36-34-32-30-28-26-24-22-20-18-16-14-12-10-8-6-2/h41-42H,5-40H2,1-4H3/q+1. The molecule has 2 unspecified atom stereocenters. The van der Waals surface area contributed by atoms with E-state index < -0.39 is 8.25 Å². The Hall–Kier alpha value is -0.0600. The minimum absolute atomic E-state index is 0.170. The van der Waals surface area contributed by atoms with Gasteiger partial charge in [-0.05, 0) is 12.8 Å². The highest BCUT2D eigenvalue weighted by molar-refractivity contribution is 7.33. The third-order valence-corrected chi connectivity index (χ3v) is 11.0. The van der Waals surface area contributed by atoms with E-state index in [1.165, 1.54) is 193 Å². The summed E-state index contributed by atoms with van der Waals surface area (Å²) in [6.07, 6.45) is 45.4. The van der Waals surface area contributed by atoms with Crippen LogP contribution in [0, 0.1) is 0 Å². The van der Waals surface area contributed by atoms with Crippen molar-refractivity contribution < 1.29 is 23.1 Å². The molecule has 288 valence electrons. The molecule has 0 aromatic heterocycles. The van der Waals surface area contributed by atoms with Crippen LogP contribution in [-0.2, 0) is 23.1 Å². The number of unbranched alkanes of at least 4 members (excludes halogenated alkanes) is 28. The van der Waals surface area contributed by atoms with Crippen molar-refractivity contribution in [2.24, 2.45) is 0 Å². The molecule has 0 heterocycles. The van der Waals surface area contributed by atoms with Crippen LogP contribution in [0.15, 0.2) is 0 Å². The van der Waals surface area contributed by atoms with Crippen LogP contribution < -0.4 is 0 Å². The maximum Gasteiger partial charge on any atom is 0.697 e. The van der Waals surface area contributed by atoms with E-state index in [0.717, 1.165) is 25.7 Å². The summed E-state index contributed by atoms with van der Waals surface area (Å²) in [6.45, 7) is 5.41. The van der Waals surface area contributed by atoms with Crippen LogP contribution in [0.3, 0.4) is 0 Å². The lowest BCUT2D eigenvalue weighted by molar-refractivity contribution is 0.0638. The van der Waals surface area contributed by atoms with Gasteiger partial charge in [-0.25, -0.2) is 0 Å². The highest BCUT2D eigenvalue weighted by Crippen LogP contribution is 2.26. The van der Waals surface area contributed by atoms with E-state index >= 15 is 0 Å². The molecule has 0 spiro atoms. The van der Waals surface area contributed by atoms with Gasteiger partial charge in [0.05, 0.1) is 12.2 Å². The zero-order valence-electron chi connectivity index (χ0n) is 33.1. The first-order valence-electron chi connectivity index (χ1n) is 21.5. The van der Waals surface area contributed by atoms with Gasteiger partial charge in [0.15, 0.2) is 0 Å². The number of methoxy groups -OCH3 is 2. The summed E-state index contributed by atoms with van der Waals surface area (Å²) in [5.41, 5.74) is 0. The summed E-state index contributed by atoms with van der Waals surface area (Å²) in [5, 5.41) is 0. The average molecular weight is 702 g/mol. The van der Waals surface area contributed by atoms with E-state index in [2.05, 4.69) is 13.8 Å². The van der Waals surface area contributed by atoms with Crippen LogP contribution in [0.2, 0.25) is 0 Å². The van der Waals surface area contributed by atoms with Gasteiger partial charge in [-0.1, -0.05) is 206 Å². The van der Waals surface area contributed by atoms with E-state index in [4.69, 9.17) is 18.5 Å². The molecule has 2 atom stereocenters. The van der Waals surface area contributed by atoms with Crippen LogP contribution in [0.5, 0.6) is 0 Å². The Morgan fingerprint density at radius 1 is 0.354 bits per heavy atom. The highest BCUT2D eigenvalue weighted by Gasteiger charge is 2.22. The summed E-state index contributed by atoms with van der Waals surface area (Å²) < 4.78 is 34.5. The van der Waals surface area contributed by atoms with Crippen LogP contribution in [-0.4, -0.2) is 39.6 Å². The molecule has 0 fully saturated rings. The first-order chi connectivity index (χ1) is 23.7. The Bertz CT molecular complexity index is 569. The summed E-state index contributed by atoms with van der Waals surface area (Å²) >= 11 is 0. The Morgan fingerprint density at radius 2 is 0.583 bits per heavy atom. The van der Waals surface area contributed by atoms with Crippen molar-refractivity contribution in [3.05, 3.63) is 0 Å². The molecule has 0 saturated carbocycles. The SMILES string of the molecule is CCCCCCCCCCCCCCCCCC(CCO[P+](=O)OCCC(CCCCCCCCCCCCCCCCC)OC)OC. The molecule has 0 aromatic carbocycles. The van der Waals surface area contributed by atoms with E-state index in [1.54, 1.807) is 14.2 Å². The zero-order chi connectivity index (χ0) is 35.0. The van der Waals surface area contributed by atoms with E-state index in [9.17, 15) is 4.57 Å². The molecule has 0 aromatic rings. The summed E-state index contributed by atoms with van der Waals surface area (Å²) in [6, 6.07) is 0. The van der Waals surface area contributed by atoms with Crippen molar-refractivity contribution in [2.75, 3.05) is 27.4 Å². The minimum atomic E-state index is -2.08. The molecule has 0 aliphatic rings. The molecule has 0 radical (unpaired) electrons. The fourth-order valence-corrected chi connectivity index (χ4v) is 7.38. The Labute approximate surface area is 302 Å². The average Bonchev–Trinajstić information content (AvgIpc) is 3.09. The van der Waals surface area contributed by atoms with Gasteiger partial charge < -0.3 is 9.47 Å². The van der Waals surface area contributed by atoms with Crippen molar-refractivity contribution in [3.8, 4) is 0 Å². The van der Waals surface area contributed by atoms with Gasteiger partial charge in [0, 0.05) is 31.6 Å². The topological polar surface area (TPSA) is 54.0 Å². The van der Waals surface area contributed by atoms with Gasteiger partial charge in [0.2, 0.25) is 0 Å². The number of hydrogen-bond acceptors (Lipinski definition) is 5. The molecule has 0 bridgehead atoms. The van der Waals surface area contributed by atoms with Gasteiger partial charge in [0.1, 0.15) is 13.2 Å². The summed E-state index contributed by atoms with van der Waals surface area (Å²) in [7, 11) is 1.47. The Balaban J connectivity index is 3.55. The van der Waals surface area contributed by atoms with E-state index in [-0.39, 0.29) is 12.2 Å². The lowest BCUT2D eigenvalue weighted by Crippen LogP contribution is -2.14. The molecule has 0 N–H and O–H groups in total. The molecule has 0 aliphatic heterocycles. The molecular formula is C42H86O5P+. The minimum Gasteiger partial charge on any atom is -0.381 e. The second-order valence-electron chi connectivity index (χ2n) is 14.7. The molecule has 0 amide bonds. The number of hydrogen-bond donors (Lipinski definition) is 0. The number of rotatable bonds is 42. The normalized spacial score (nSPS) is 13.3. The van der Waals surface area contributed by atoms with Crippen LogP contribution in [0.4, 0.5) is 0 Å². The maximum atomic E-state index is 12.2. The van der Waals surface area contributed by atoms with Gasteiger partial charge in [-0.3, -0.25) is 0 Å². The molecule has 0 aliphatic carbocycles. The first kappa shape index (κ1) is 47.9. The molecule has 5 nitrogen and oxygen atoms in total. The molecule has 0 saturated heterocycles. The second kappa shape index (κ2) is 41.4. The summed E-state index contributed by atoms with van der Waals surface area (Å²) in [5.74, 6) is 0. The van der Waals surface area contributed by atoms with Crippen molar-refractivity contribution in [3.63, 3.8) is 0 Å². The maximum absolute atomic E-state index is 12.2. The van der Waals surface area contributed by atoms with Crippen LogP contribution in [0.1, 0.15) is 232 Å². The quantitative estimate of drug-likeness (QED) is 0.0468. The molecular weight excluding hydrogens is 615 g/mol. The highest BCUT2D eigenvalue weighted by atomic mass is 31.1. The lowest BCUT2D eigenvalue weighted by atomic mass is 10.0. The monoisotopic (exact) mass is 702 g/mol. The van der Waals surface area contributed by atoms with Gasteiger partial charge in [-0.2, -0.15) is 0 Å². The third kappa shape index (κ3) is 37.2. The van der Waals surface area contributed by atoms with Gasteiger partial charge in [-0.15, -0.1) is 9.05 Å². The van der Waals surface area contributed by atoms with Gasteiger partial charge in [0.25, 0.3) is 0 Å². The number of ether oxygens (including phenoxy) is 2. The Kier molecular flexibility index (Phi) is 41.3. The van der Waals surface area contributed by atoms with Crippen molar-refractivity contribution >= 4 is 8.25 Å². The lowest BCUT2D eigenvalue weighted by Gasteiger charge is -2.14. The van der Waals surface area contributed by atoms with Crippen LogP contribution in [0.25, 0.3) is 0 Å². The Morgan fingerprint density at radius 3 is 0.812 bits per heavy atom. The fourth-order valence-electron chi connectivity index (χ4n) is 6.80. The fraction of sp³-hybridized carbons (Fsp3) is 1.00. The zero-order valence-corrected chi connectivity index (χ0v) is 34.0.